The summed E-state index contributed by atoms with van der Waals surface area (Å²) in [6.07, 6.45) is 7.99. The molecular weight excluding hydrogens is 266 g/mol. The van der Waals surface area contributed by atoms with Gasteiger partial charge in [0.2, 0.25) is 0 Å². The lowest BCUT2D eigenvalue weighted by Crippen LogP contribution is -2.23. The highest BCUT2D eigenvalue weighted by Crippen LogP contribution is 2.30. The van der Waals surface area contributed by atoms with E-state index >= 15 is 0 Å². The summed E-state index contributed by atoms with van der Waals surface area (Å²) in [7, 11) is 0. The van der Waals surface area contributed by atoms with Crippen LogP contribution in [0.4, 0.5) is 0 Å². The number of fused-ring (bicyclic) bond motifs is 1. The monoisotopic (exact) mass is 285 g/mol. The van der Waals surface area contributed by atoms with Crippen molar-refractivity contribution in [2.24, 2.45) is 0 Å². The van der Waals surface area contributed by atoms with Crippen molar-refractivity contribution < 1.29 is 4.79 Å². The number of carbonyl (C=O) groups excluding carboxylic acids is 1. The van der Waals surface area contributed by atoms with Crippen LogP contribution in [0.2, 0.25) is 0 Å². The van der Waals surface area contributed by atoms with E-state index in [-0.39, 0.29) is 5.91 Å². The van der Waals surface area contributed by atoms with Crippen LogP contribution in [-0.2, 0) is 12.8 Å². The van der Waals surface area contributed by atoms with Crippen LogP contribution in [0.1, 0.15) is 52.2 Å². The molecule has 1 aromatic heterocycles. The maximum Gasteiger partial charge on any atom is 0.261 e. The number of rotatable bonds is 7. The molecule has 0 aromatic carbocycles. The molecular formula is C14H20ClNOS. The average Bonchev–Trinajstić information content (AvgIpc) is 2.93. The van der Waals surface area contributed by atoms with Crippen LogP contribution < -0.4 is 5.32 Å². The zero-order valence-corrected chi connectivity index (χ0v) is 12.2. The van der Waals surface area contributed by atoms with E-state index in [0.717, 1.165) is 55.8 Å². The molecule has 1 heterocycles. The summed E-state index contributed by atoms with van der Waals surface area (Å²) in [6, 6.07) is 2.08. The number of alkyl halides is 1. The molecule has 4 heteroatoms. The Labute approximate surface area is 118 Å². The van der Waals surface area contributed by atoms with E-state index in [2.05, 4.69) is 11.4 Å². The van der Waals surface area contributed by atoms with Crippen LogP contribution in [-0.4, -0.2) is 18.3 Å². The van der Waals surface area contributed by atoms with E-state index in [4.69, 9.17) is 11.6 Å². The fraction of sp³-hybridized carbons (Fsp3) is 0.643. The molecule has 1 amide bonds. The zero-order valence-electron chi connectivity index (χ0n) is 10.6. The van der Waals surface area contributed by atoms with E-state index in [1.54, 1.807) is 11.3 Å². The second-order valence-electron chi connectivity index (χ2n) is 4.77. The molecule has 0 fully saturated rings. The van der Waals surface area contributed by atoms with Gasteiger partial charge in [0, 0.05) is 17.3 Å². The summed E-state index contributed by atoms with van der Waals surface area (Å²) in [4.78, 5) is 14.2. The summed E-state index contributed by atoms with van der Waals surface area (Å²) in [5, 5.41) is 3.00. The zero-order chi connectivity index (χ0) is 12.8. The molecule has 18 heavy (non-hydrogen) atoms. The Morgan fingerprint density at radius 2 is 2.11 bits per heavy atom. The van der Waals surface area contributed by atoms with Gasteiger partial charge in [0.25, 0.3) is 5.91 Å². The van der Waals surface area contributed by atoms with Crippen molar-refractivity contribution >= 4 is 28.8 Å². The van der Waals surface area contributed by atoms with Gasteiger partial charge in [-0.1, -0.05) is 12.8 Å². The molecule has 100 valence electrons. The predicted molar refractivity (Wildman–Crippen MR) is 77.9 cm³/mol. The quantitative estimate of drug-likeness (QED) is 0.600. The molecule has 0 saturated carbocycles. The summed E-state index contributed by atoms with van der Waals surface area (Å²) in [5.41, 5.74) is 1.40. The highest BCUT2D eigenvalue weighted by Gasteiger charge is 2.17. The van der Waals surface area contributed by atoms with E-state index in [0.29, 0.717) is 0 Å². The number of hydrogen-bond acceptors (Lipinski definition) is 2. The van der Waals surface area contributed by atoms with Crippen LogP contribution in [0.25, 0.3) is 0 Å². The SMILES string of the molecule is O=C(NCCCCCCCl)c1cc2c(s1)CCC2. The topological polar surface area (TPSA) is 29.1 Å². The number of carbonyl (C=O) groups is 1. The molecule has 0 aliphatic heterocycles. The van der Waals surface area contributed by atoms with Gasteiger partial charge in [0.15, 0.2) is 0 Å². The highest BCUT2D eigenvalue weighted by molar-refractivity contribution is 7.14. The lowest BCUT2D eigenvalue weighted by atomic mass is 10.2. The van der Waals surface area contributed by atoms with Crippen molar-refractivity contribution in [1.82, 2.24) is 5.32 Å². The van der Waals surface area contributed by atoms with Gasteiger partial charge in [-0.25, -0.2) is 0 Å². The molecule has 2 nitrogen and oxygen atoms in total. The third-order valence-electron chi connectivity index (χ3n) is 3.32. The van der Waals surface area contributed by atoms with Gasteiger partial charge in [-0.2, -0.15) is 0 Å². The molecule has 1 aliphatic rings. The van der Waals surface area contributed by atoms with Gasteiger partial charge in [0.05, 0.1) is 4.88 Å². The van der Waals surface area contributed by atoms with Crippen molar-refractivity contribution in [1.29, 1.82) is 0 Å². The predicted octanol–water partition coefficient (Wildman–Crippen LogP) is 3.77. The first-order chi connectivity index (χ1) is 8.81. The Morgan fingerprint density at radius 3 is 2.89 bits per heavy atom. The Bertz CT molecular complexity index is 381. The second kappa shape index (κ2) is 7.15. The Morgan fingerprint density at radius 1 is 1.28 bits per heavy atom. The minimum atomic E-state index is 0.103. The number of aryl methyl sites for hydroxylation is 2. The van der Waals surface area contributed by atoms with Crippen molar-refractivity contribution in [2.75, 3.05) is 12.4 Å². The largest absolute Gasteiger partial charge is 0.351 e. The van der Waals surface area contributed by atoms with Gasteiger partial charge in [-0.15, -0.1) is 22.9 Å². The van der Waals surface area contributed by atoms with Crippen molar-refractivity contribution in [3.8, 4) is 0 Å². The van der Waals surface area contributed by atoms with E-state index in [1.165, 1.54) is 16.9 Å². The lowest BCUT2D eigenvalue weighted by molar-refractivity contribution is 0.0957. The smallest absolute Gasteiger partial charge is 0.261 e. The van der Waals surface area contributed by atoms with Gasteiger partial charge < -0.3 is 5.32 Å². The number of nitrogens with one attached hydrogen (secondary N) is 1. The minimum Gasteiger partial charge on any atom is -0.351 e. The maximum atomic E-state index is 11.9. The van der Waals surface area contributed by atoms with Crippen LogP contribution >= 0.6 is 22.9 Å². The first kappa shape index (κ1) is 13.9. The molecule has 0 atom stereocenters. The Kier molecular flexibility index (Phi) is 5.51. The van der Waals surface area contributed by atoms with Gasteiger partial charge in [-0.3, -0.25) is 4.79 Å². The van der Waals surface area contributed by atoms with E-state index in [9.17, 15) is 4.79 Å². The lowest BCUT2D eigenvalue weighted by Gasteiger charge is -2.03. The molecule has 1 N–H and O–H groups in total. The highest BCUT2D eigenvalue weighted by atomic mass is 35.5. The number of amides is 1. The van der Waals surface area contributed by atoms with Gasteiger partial charge in [0.1, 0.15) is 0 Å². The van der Waals surface area contributed by atoms with Crippen molar-refractivity contribution in [3.63, 3.8) is 0 Å². The Balaban J connectivity index is 1.68. The second-order valence-corrected chi connectivity index (χ2v) is 6.29. The fourth-order valence-corrected chi connectivity index (χ4v) is 3.66. The minimum absolute atomic E-state index is 0.103. The molecule has 1 aromatic rings. The normalized spacial score (nSPS) is 13.6. The molecule has 0 radical (unpaired) electrons. The van der Waals surface area contributed by atoms with E-state index in [1.807, 2.05) is 0 Å². The first-order valence-corrected chi connectivity index (χ1v) is 8.12. The van der Waals surface area contributed by atoms with Crippen LogP contribution in [0.5, 0.6) is 0 Å². The third-order valence-corrected chi connectivity index (χ3v) is 4.82. The number of hydrogen-bond donors (Lipinski definition) is 1. The molecule has 2 rings (SSSR count). The summed E-state index contributed by atoms with van der Waals surface area (Å²) in [6.45, 7) is 0.781. The summed E-state index contributed by atoms with van der Waals surface area (Å²) < 4.78 is 0. The molecule has 1 aliphatic carbocycles. The number of thiophene rings is 1. The van der Waals surface area contributed by atoms with Gasteiger partial charge in [-0.05, 0) is 43.7 Å². The molecule has 0 bridgehead atoms. The van der Waals surface area contributed by atoms with Crippen molar-refractivity contribution in [2.45, 2.75) is 44.9 Å². The number of unbranched alkanes of at least 4 members (excludes halogenated alkanes) is 3. The van der Waals surface area contributed by atoms with Crippen LogP contribution in [0.15, 0.2) is 6.07 Å². The first-order valence-electron chi connectivity index (χ1n) is 6.77. The number of halogens is 1. The Hall–Kier alpha value is -0.540. The molecule has 0 saturated heterocycles. The molecule has 0 unspecified atom stereocenters. The van der Waals surface area contributed by atoms with Crippen LogP contribution in [0.3, 0.4) is 0 Å². The van der Waals surface area contributed by atoms with Crippen LogP contribution in [0, 0.1) is 0 Å². The maximum absolute atomic E-state index is 11.9. The summed E-state index contributed by atoms with van der Waals surface area (Å²) in [5.74, 6) is 0.847. The van der Waals surface area contributed by atoms with Crippen molar-refractivity contribution in [3.05, 3.63) is 21.4 Å². The van der Waals surface area contributed by atoms with E-state index < -0.39 is 0 Å². The summed E-state index contributed by atoms with van der Waals surface area (Å²) >= 11 is 7.29. The third kappa shape index (κ3) is 3.72. The van der Waals surface area contributed by atoms with Gasteiger partial charge >= 0.3 is 0 Å². The average molecular weight is 286 g/mol. The molecule has 0 spiro atoms. The fourth-order valence-electron chi connectivity index (χ4n) is 2.30. The standard InChI is InChI=1S/C14H20ClNOS/c15-8-3-1-2-4-9-16-14(17)13-10-11-6-5-7-12(11)18-13/h10H,1-9H2,(H,16,17).